The number of methoxy groups -OCH3 is 1. The average Bonchev–Trinajstić information content (AvgIpc) is 3.43. The van der Waals surface area contributed by atoms with Gasteiger partial charge >= 0.3 is 0 Å². The van der Waals surface area contributed by atoms with E-state index in [1.165, 1.54) is 17.3 Å². The number of hydrogen-bond acceptors (Lipinski definition) is 5. The van der Waals surface area contributed by atoms with Crippen molar-refractivity contribution in [1.82, 2.24) is 19.3 Å². The van der Waals surface area contributed by atoms with E-state index in [0.717, 1.165) is 41.1 Å². The third-order valence-electron chi connectivity index (χ3n) is 5.36. The van der Waals surface area contributed by atoms with Gasteiger partial charge in [0.15, 0.2) is 5.16 Å². The Morgan fingerprint density at radius 1 is 1.03 bits per heavy atom. The highest BCUT2D eigenvalue weighted by Crippen LogP contribution is 2.21. The van der Waals surface area contributed by atoms with E-state index < -0.39 is 0 Å². The number of thioether (sulfide) groups is 1. The lowest BCUT2D eigenvalue weighted by atomic mass is 10.1. The number of hydrogen-bond donors (Lipinski definition) is 1. The van der Waals surface area contributed by atoms with E-state index in [0.29, 0.717) is 6.42 Å². The molecular weight excluding hydrogens is 434 g/mol. The lowest BCUT2D eigenvalue weighted by molar-refractivity contribution is -0.113. The Morgan fingerprint density at radius 3 is 2.52 bits per heavy atom. The van der Waals surface area contributed by atoms with Crippen molar-refractivity contribution >= 4 is 23.4 Å². The van der Waals surface area contributed by atoms with Crippen molar-refractivity contribution in [2.24, 2.45) is 7.05 Å². The van der Waals surface area contributed by atoms with Gasteiger partial charge in [0.1, 0.15) is 11.6 Å². The predicted octanol–water partition coefficient (Wildman–Crippen LogP) is 4.19. The third-order valence-corrected chi connectivity index (χ3v) is 6.32. The molecular formula is C25H27N5O2S. The van der Waals surface area contributed by atoms with Crippen molar-refractivity contribution in [3.05, 3.63) is 90.0 Å². The fraction of sp³-hybridized carbons (Fsp3) is 0.240. The van der Waals surface area contributed by atoms with Crippen molar-refractivity contribution in [3.8, 4) is 5.75 Å². The first-order valence-electron chi connectivity index (χ1n) is 10.8. The topological polar surface area (TPSA) is 74.0 Å². The Bertz CT molecular complexity index is 1190. The maximum Gasteiger partial charge on any atom is 0.234 e. The number of ether oxygens (including phenoxy) is 1. The van der Waals surface area contributed by atoms with Crippen LogP contribution < -0.4 is 10.1 Å². The fourth-order valence-corrected chi connectivity index (χ4v) is 4.29. The van der Waals surface area contributed by atoms with Gasteiger partial charge in [-0.2, -0.15) is 0 Å². The van der Waals surface area contributed by atoms with Crippen LogP contribution in [-0.4, -0.2) is 38.1 Å². The summed E-state index contributed by atoms with van der Waals surface area (Å²) in [6.07, 6.45) is 3.58. The molecule has 7 nitrogen and oxygen atoms in total. The molecule has 8 heteroatoms. The SMILES string of the molecule is COc1ccc(NC(=O)CSc2nnc(Cc3cccn3C)n2CCc2ccccc2)cc1. The number of carbonyl (C=O) groups excluding carboxylic acids is 1. The summed E-state index contributed by atoms with van der Waals surface area (Å²) in [6.45, 7) is 0.749. The van der Waals surface area contributed by atoms with E-state index in [1.54, 1.807) is 7.11 Å². The van der Waals surface area contributed by atoms with E-state index in [-0.39, 0.29) is 11.7 Å². The normalized spacial score (nSPS) is 10.8. The molecule has 4 rings (SSSR count). The molecule has 2 aromatic heterocycles. The molecule has 0 aliphatic carbocycles. The minimum atomic E-state index is -0.0910. The van der Waals surface area contributed by atoms with Crippen LogP contribution in [0.1, 0.15) is 17.1 Å². The van der Waals surface area contributed by atoms with E-state index in [1.807, 2.05) is 61.8 Å². The summed E-state index contributed by atoms with van der Waals surface area (Å²) in [6, 6.07) is 21.8. The van der Waals surface area contributed by atoms with Gasteiger partial charge in [-0.15, -0.1) is 10.2 Å². The van der Waals surface area contributed by atoms with Crippen molar-refractivity contribution in [2.45, 2.75) is 24.5 Å². The Balaban J connectivity index is 1.45. The summed E-state index contributed by atoms with van der Waals surface area (Å²) in [4.78, 5) is 12.5. The van der Waals surface area contributed by atoms with Gasteiger partial charge in [0.25, 0.3) is 0 Å². The molecule has 4 aromatic rings. The molecule has 0 radical (unpaired) electrons. The van der Waals surface area contributed by atoms with E-state index >= 15 is 0 Å². The minimum absolute atomic E-state index is 0.0910. The predicted molar refractivity (Wildman–Crippen MR) is 131 cm³/mol. The van der Waals surface area contributed by atoms with Crippen LogP contribution in [0.2, 0.25) is 0 Å². The second kappa shape index (κ2) is 10.9. The van der Waals surface area contributed by atoms with Gasteiger partial charge in [0, 0.05) is 37.6 Å². The summed E-state index contributed by atoms with van der Waals surface area (Å²) in [5.74, 6) is 1.80. The van der Waals surface area contributed by atoms with Crippen LogP contribution in [0.15, 0.2) is 78.1 Å². The van der Waals surface area contributed by atoms with E-state index in [9.17, 15) is 4.79 Å². The number of nitrogens with zero attached hydrogens (tertiary/aromatic N) is 4. The van der Waals surface area contributed by atoms with Crippen LogP contribution >= 0.6 is 11.8 Å². The molecule has 2 heterocycles. The van der Waals surface area contributed by atoms with Gasteiger partial charge in [0.05, 0.1) is 12.9 Å². The number of amides is 1. The summed E-state index contributed by atoms with van der Waals surface area (Å²) < 4.78 is 9.38. The van der Waals surface area contributed by atoms with Gasteiger partial charge < -0.3 is 19.2 Å². The molecule has 0 bridgehead atoms. The van der Waals surface area contributed by atoms with Gasteiger partial charge in [0.2, 0.25) is 5.91 Å². The summed E-state index contributed by atoms with van der Waals surface area (Å²) >= 11 is 1.40. The first-order valence-corrected chi connectivity index (χ1v) is 11.7. The Morgan fingerprint density at radius 2 is 1.82 bits per heavy atom. The van der Waals surface area contributed by atoms with Crippen LogP contribution in [0.5, 0.6) is 5.75 Å². The first-order chi connectivity index (χ1) is 16.1. The molecule has 0 aliphatic rings. The Kier molecular flexibility index (Phi) is 7.47. The molecule has 33 heavy (non-hydrogen) atoms. The zero-order chi connectivity index (χ0) is 23.0. The zero-order valence-corrected chi connectivity index (χ0v) is 19.6. The number of anilines is 1. The molecule has 1 amide bonds. The van der Waals surface area contributed by atoms with Crippen molar-refractivity contribution in [2.75, 3.05) is 18.2 Å². The van der Waals surface area contributed by atoms with Crippen molar-refractivity contribution in [3.63, 3.8) is 0 Å². The smallest absolute Gasteiger partial charge is 0.234 e. The van der Waals surface area contributed by atoms with Crippen LogP contribution in [0.4, 0.5) is 5.69 Å². The van der Waals surface area contributed by atoms with E-state index in [2.05, 4.69) is 42.8 Å². The van der Waals surface area contributed by atoms with E-state index in [4.69, 9.17) is 4.74 Å². The molecule has 0 spiro atoms. The molecule has 0 saturated heterocycles. The molecule has 0 saturated carbocycles. The number of benzene rings is 2. The highest BCUT2D eigenvalue weighted by molar-refractivity contribution is 7.99. The van der Waals surface area contributed by atoms with Gasteiger partial charge in [-0.05, 0) is 48.4 Å². The number of nitrogens with one attached hydrogen (secondary N) is 1. The van der Waals surface area contributed by atoms with Gasteiger partial charge in [-0.25, -0.2) is 0 Å². The molecule has 170 valence electrons. The quantitative estimate of drug-likeness (QED) is 0.359. The minimum Gasteiger partial charge on any atom is -0.497 e. The zero-order valence-electron chi connectivity index (χ0n) is 18.8. The van der Waals surface area contributed by atoms with Crippen molar-refractivity contribution < 1.29 is 9.53 Å². The Hall–Kier alpha value is -3.52. The van der Waals surface area contributed by atoms with Crippen LogP contribution in [0.25, 0.3) is 0 Å². The first kappa shape index (κ1) is 22.7. The fourth-order valence-electron chi connectivity index (χ4n) is 3.51. The average molecular weight is 462 g/mol. The maximum atomic E-state index is 12.5. The molecule has 0 fully saturated rings. The highest BCUT2D eigenvalue weighted by Gasteiger charge is 2.16. The molecule has 0 unspecified atom stereocenters. The van der Waals surface area contributed by atoms with Crippen LogP contribution in [0.3, 0.4) is 0 Å². The number of rotatable bonds is 10. The van der Waals surface area contributed by atoms with Gasteiger partial charge in [-0.1, -0.05) is 42.1 Å². The summed E-state index contributed by atoms with van der Waals surface area (Å²) in [5.41, 5.74) is 3.15. The standard InChI is InChI=1S/C25H27N5O2S/c1-29-15-6-9-21(29)17-23-27-28-25(30(23)16-14-19-7-4-3-5-8-19)33-18-24(31)26-20-10-12-22(32-2)13-11-20/h3-13,15H,14,16-18H2,1-2H3,(H,26,31). The number of aryl methyl sites for hydroxylation is 2. The largest absolute Gasteiger partial charge is 0.497 e. The second-order valence-electron chi connectivity index (χ2n) is 7.64. The molecule has 0 atom stereocenters. The lowest BCUT2D eigenvalue weighted by Crippen LogP contribution is -2.15. The monoisotopic (exact) mass is 461 g/mol. The third kappa shape index (κ3) is 6.04. The van der Waals surface area contributed by atoms with Crippen LogP contribution in [0, 0.1) is 0 Å². The Labute approximate surface area is 197 Å². The molecule has 2 aromatic carbocycles. The molecule has 1 N–H and O–H groups in total. The lowest BCUT2D eigenvalue weighted by Gasteiger charge is -2.11. The van der Waals surface area contributed by atoms with Crippen molar-refractivity contribution in [1.29, 1.82) is 0 Å². The maximum absolute atomic E-state index is 12.5. The summed E-state index contributed by atoms with van der Waals surface area (Å²) in [5, 5.41) is 12.5. The number of carbonyl (C=O) groups is 1. The van der Waals surface area contributed by atoms with Crippen LogP contribution in [-0.2, 0) is 31.2 Å². The second-order valence-corrected chi connectivity index (χ2v) is 8.58. The highest BCUT2D eigenvalue weighted by atomic mass is 32.2. The summed E-state index contributed by atoms with van der Waals surface area (Å²) in [7, 11) is 3.64. The molecule has 0 aliphatic heterocycles. The van der Waals surface area contributed by atoms with Gasteiger partial charge in [-0.3, -0.25) is 4.79 Å². The number of aromatic nitrogens is 4.